The van der Waals surface area contributed by atoms with Gasteiger partial charge in [-0.3, -0.25) is 24.6 Å². The first kappa shape index (κ1) is 14.1. The third-order valence-corrected chi connectivity index (χ3v) is 3.15. The molecule has 1 N–H and O–H groups in total. The second-order valence-corrected chi connectivity index (χ2v) is 4.46. The van der Waals surface area contributed by atoms with Gasteiger partial charge in [0.2, 0.25) is 0 Å². The molecule has 1 aliphatic rings. The Morgan fingerprint density at radius 2 is 1.95 bits per heavy atom. The number of carbonyl (C=O) groups is 2. The van der Waals surface area contributed by atoms with Crippen molar-refractivity contribution in [3.8, 4) is 0 Å². The fourth-order valence-corrected chi connectivity index (χ4v) is 2.13. The second kappa shape index (κ2) is 5.79. The highest BCUT2D eigenvalue weighted by Crippen LogP contribution is 2.26. The predicted molar refractivity (Wildman–Crippen MR) is 71.6 cm³/mol. The molecular weight excluding hydrogens is 262 g/mol. The summed E-state index contributed by atoms with van der Waals surface area (Å²) in [6, 6.07) is 3.75. The van der Waals surface area contributed by atoms with Gasteiger partial charge in [-0.25, -0.2) is 0 Å². The Balaban J connectivity index is 2.15. The molecular formula is C13H15N3O4. The van der Waals surface area contributed by atoms with Gasteiger partial charge in [0.1, 0.15) is 0 Å². The lowest BCUT2D eigenvalue weighted by Gasteiger charge is -2.13. The normalized spacial score (nSPS) is 13.8. The van der Waals surface area contributed by atoms with E-state index in [1.807, 2.05) is 6.92 Å². The van der Waals surface area contributed by atoms with E-state index in [1.54, 1.807) is 0 Å². The first-order chi connectivity index (χ1) is 9.56. The molecule has 1 heterocycles. The van der Waals surface area contributed by atoms with E-state index in [0.717, 1.165) is 11.4 Å². The first-order valence-corrected chi connectivity index (χ1v) is 6.41. The number of benzene rings is 1. The number of nitrogens with zero attached hydrogens (tertiary/aromatic N) is 2. The summed E-state index contributed by atoms with van der Waals surface area (Å²) in [5.74, 6) is -0.832. The third-order valence-electron chi connectivity index (χ3n) is 3.15. The van der Waals surface area contributed by atoms with Gasteiger partial charge in [-0.1, -0.05) is 6.92 Å². The number of non-ortho nitro benzene ring substituents is 1. The molecule has 2 amide bonds. The number of carbonyl (C=O) groups excluding carboxylic acids is 2. The molecule has 2 rings (SSSR count). The second-order valence-electron chi connectivity index (χ2n) is 4.46. The van der Waals surface area contributed by atoms with Crippen LogP contribution in [0.1, 0.15) is 34.1 Å². The summed E-state index contributed by atoms with van der Waals surface area (Å²) >= 11 is 0. The van der Waals surface area contributed by atoms with Crippen molar-refractivity contribution in [2.75, 3.05) is 19.6 Å². The zero-order valence-corrected chi connectivity index (χ0v) is 11.1. The molecule has 0 saturated heterocycles. The summed E-state index contributed by atoms with van der Waals surface area (Å²) in [5.41, 5.74) is 0.177. The minimum atomic E-state index is -0.578. The van der Waals surface area contributed by atoms with Crippen molar-refractivity contribution in [1.82, 2.24) is 10.2 Å². The van der Waals surface area contributed by atoms with Crippen LogP contribution in [0.15, 0.2) is 18.2 Å². The van der Waals surface area contributed by atoms with E-state index < -0.39 is 10.8 Å². The highest BCUT2D eigenvalue weighted by atomic mass is 16.6. The Hall–Kier alpha value is -2.28. The Labute approximate surface area is 115 Å². The van der Waals surface area contributed by atoms with Crippen LogP contribution in [0.4, 0.5) is 5.69 Å². The number of nitrogens with one attached hydrogen (secondary N) is 1. The zero-order valence-electron chi connectivity index (χ0n) is 11.1. The van der Waals surface area contributed by atoms with E-state index >= 15 is 0 Å². The third kappa shape index (κ3) is 2.53. The summed E-state index contributed by atoms with van der Waals surface area (Å²) in [6.07, 6.45) is 0.654. The molecule has 0 radical (unpaired) electrons. The van der Waals surface area contributed by atoms with Crippen molar-refractivity contribution in [2.24, 2.45) is 0 Å². The van der Waals surface area contributed by atoms with Crippen molar-refractivity contribution in [2.45, 2.75) is 13.3 Å². The Kier molecular flexibility index (Phi) is 4.09. The number of rotatable bonds is 6. The zero-order chi connectivity index (χ0) is 14.7. The molecule has 0 unspecified atom stereocenters. The van der Waals surface area contributed by atoms with Crippen molar-refractivity contribution < 1.29 is 14.5 Å². The van der Waals surface area contributed by atoms with Gasteiger partial charge in [0, 0.05) is 18.7 Å². The van der Waals surface area contributed by atoms with Gasteiger partial charge in [-0.05, 0) is 25.6 Å². The van der Waals surface area contributed by atoms with Crippen LogP contribution in [-0.2, 0) is 0 Å². The van der Waals surface area contributed by atoms with E-state index in [9.17, 15) is 19.7 Å². The maximum atomic E-state index is 12.1. The molecule has 1 aromatic rings. The fraction of sp³-hybridized carbons (Fsp3) is 0.385. The lowest BCUT2D eigenvalue weighted by Crippen LogP contribution is -2.32. The topological polar surface area (TPSA) is 92.6 Å². The largest absolute Gasteiger partial charge is 0.317 e. The quantitative estimate of drug-likeness (QED) is 0.365. The van der Waals surface area contributed by atoms with Crippen molar-refractivity contribution in [3.63, 3.8) is 0 Å². The Morgan fingerprint density at radius 1 is 1.25 bits per heavy atom. The summed E-state index contributed by atoms with van der Waals surface area (Å²) in [5, 5.41) is 13.8. The Morgan fingerprint density at radius 3 is 2.60 bits per heavy atom. The summed E-state index contributed by atoms with van der Waals surface area (Å²) < 4.78 is 0. The molecule has 0 bridgehead atoms. The van der Waals surface area contributed by atoms with E-state index in [-0.39, 0.29) is 22.7 Å². The molecule has 0 spiro atoms. The van der Waals surface area contributed by atoms with Crippen LogP contribution in [0.2, 0.25) is 0 Å². The number of nitro groups is 1. The monoisotopic (exact) mass is 277 g/mol. The number of hydrogen-bond acceptors (Lipinski definition) is 5. The van der Waals surface area contributed by atoms with E-state index in [0.29, 0.717) is 19.5 Å². The number of hydrogen-bond donors (Lipinski definition) is 1. The molecule has 1 aliphatic heterocycles. The SMILES string of the molecule is CCNCCCN1C(=O)c2ccc([N+](=O)[O-])cc2C1=O. The summed E-state index contributed by atoms with van der Waals surface area (Å²) in [4.78, 5) is 35.4. The summed E-state index contributed by atoms with van der Waals surface area (Å²) in [7, 11) is 0. The minimum Gasteiger partial charge on any atom is -0.317 e. The maximum absolute atomic E-state index is 12.1. The molecule has 0 atom stereocenters. The molecule has 1 aromatic carbocycles. The molecule has 0 saturated carbocycles. The molecule has 0 aromatic heterocycles. The van der Waals surface area contributed by atoms with Gasteiger partial charge in [0.15, 0.2) is 0 Å². The Bertz CT molecular complexity index is 571. The fourth-order valence-electron chi connectivity index (χ4n) is 2.13. The van der Waals surface area contributed by atoms with E-state index in [2.05, 4.69) is 5.32 Å². The molecule has 0 fully saturated rings. The van der Waals surface area contributed by atoms with Gasteiger partial charge in [0.25, 0.3) is 17.5 Å². The number of amides is 2. The molecule has 0 aliphatic carbocycles. The summed E-state index contributed by atoms with van der Waals surface area (Å²) in [6.45, 7) is 3.83. The van der Waals surface area contributed by atoms with Gasteiger partial charge in [-0.15, -0.1) is 0 Å². The van der Waals surface area contributed by atoms with Crippen LogP contribution >= 0.6 is 0 Å². The maximum Gasteiger partial charge on any atom is 0.270 e. The molecule has 20 heavy (non-hydrogen) atoms. The first-order valence-electron chi connectivity index (χ1n) is 6.41. The van der Waals surface area contributed by atoms with Gasteiger partial charge >= 0.3 is 0 Å². The lowest BCUT2D eigenvalue weighted by molar-refractivity contribution is -0.384. The van der Waals surface area contributed by atoms with Gasteiger partial charge < -0.3 is 5.32 Å². The molecule has 7 nitrogen and oxygen atoms in total. The lowest BCUT2D eigenvalue weighted by atomic mass is 10.1. The van der Waals surface area contributed by atoms with Crippen LogP contribution < -0.4 is 5.32 Å². The smallest absolute Gasteiger partial charge is 0.270 e. The highest BCUT2D eigenvalue weighted by molar-refractivity contribution is 6.21. The number of nitro benzene ring substituents is 1. The van der Waals surface area contributed by atoms with Gasteiger partial charge in [0.05, 0.1) is 16.1 Å². The van der Waals surface area contributed by atoms with E-state index in [1.165, 1.54) is 18.2 Å². The van der Waals surface area contributed by atoms with Crippen molar-refractivity contribution >= 4 is 17.5 Å². The van der Waals surface area contributed by atoms with Crippen LogP contribution in [0, 0.1) is 10.1 Å². The number of imide groups is 1. The van der Waals surface area contributed by atoms with Crippen LogP contribution in [-0.4, -0.2) is 41.3 Å². The highest BCUT2D eigenvalue weighted by Gasteiger charge is 2.36. The molecule has 7 heteroatoms. The van der Waals surface area contributed by atoms with Crippen LogP contribution in [0.25, 0.3) is 0 Å². The van der Waals surface area contributed by atoms with Gasteiger partial charge in [-0.2, -0.15) is 0 Å². The van der Waals surface area contributed by atoms with Crippen molar-refractivity contribution in [1.29, 1.82) is 0 Å². The minimum absolute atomic E-state index is 0.118. The van der Waals surface area contributed by atoms with Crippen LogP contribution in [0.5, 0.6) is 0 Å². The van der Waals surface area contributed by atoms with E-state index in [4.69, 9.17) is 0 Å². The van der Waals surface area contributed by atoms with Crippen molar-refractivity contribution in [3.05, 3.63) is 39.4 Å². The average Bonchev–Trinajstić information content (AvgIpc) is 2.67. The average molecular weight is 277 g/mol. The predicted octanol–water partition coefficient (Wildman–Crippen LogP) is 1.19. The standard InChI is InChI=1S/C13H15N3O4/c1-2-14-6-3-7-15-12(17)10-5-4-9(16(19)20)8-11(10)13(15)18/h4-5,8,14H,2-3,6-7H2,1H3. The number of fused-ring (bicyclic) bond motifs is 1. The van der Waals surface area contributed by atoms with Crippen LogP contribution in [0.3, 0.4) is 0 Å². The molecule has 106 valence electrons.